The fourth-order valence-corrected chi connectivity index (χ4v) is 2.07. The Morgan fingerprint density at radius 1 is 0.857 bits per heavy atom. The quantitative estimate of drug-likeness (QED) is 0.527. The fourth-order valence-electron chi connectivity index (χ4n) is 2.07. The van der Waals surface area contributed by atoms with Gasteiger partial charge in [0.25, 0.3) is 0 Å². The lowest BCUT2D eigenvalue weighted by atomic mass is 10.1. The number of hydrogen-bond donors (Lipinski definition) is 1. The van der Waals surface area contributed by atoms with E-state index >= 15 is 0 Å². The van der Waals surface area contributed by atoms with Crippen molar-refractivity contribution in [2.75, 3.05) is 19.8 Å². The van der Waals surface area contributed by atoms with Crippen LogP contribution in [0, 0.1) is 0 Å². The van der Waals surface area contributed by atoms with Crippen molar-refractivity contribution in [2.45, 2.75) is 52.7 Å². The predicted octanol–water partition coefficient (Wildman–Crippen LogP) is 2.27. The maximum atomic E-state index is 12.0. The summed E-state index contributed by atoms with van der Waals surface area (Å²) in [6.45, 7) is 9.53. The van der Waals surface area contributed by atoms with E-state index in [4.69, 9.17) is 24.7 Å². The van der Waals surface area contributed by atoms with E-state index in [0.717, 1.165) is 0 Å². The van der Waals surface area contributed by atoms with Crippen LogP contribution in [0.2, 0.25) is 0 Å². The number of benzene rings is 1. The van der Waals surface area contributed by atoms with Crippen LogP contribution in [-0.4, -0.2) is 48.7 Å². The molecule has 28 heavy (non-hydrogen) atoms. The number of carbonyl (C=O) groups excluding carboxylic acids is 3. The molecule has 0 aliphatic rings. The van der Waals surface area contributed by atoms with Gasteiger partial charge in [-0.3, -0.25) is 4.79 Å². The van der Waals surface area contributed by atoms with Gasteiger partial charge in [0.2, 0.25) is 0 Å². The van der Waals surface area contributed by atoms with Gasteiger partial charge in [-0.15, -0.1) is 0 Å². The molecule has 156 valence electrons. The number of esters is 2. The SMILES string of the molecule is CC(C)(C)OC(=O)COc1ccc(C(=O)CN)c(OCC(=O)OC(C)(C)C)c1. The van der Waals surface area contributed by atoms with Gasteiger partial charge in [-0.1, -0.05) is 0 Å². The Balaban J connectivity index is 2.87. The van der Waals surface area contributed by atoms with Crippen molar-refractivity contribution in [3.05, 3.63) is 23.8 Å². The van der Waals surface area contributed by atoms with Crippen LogP contribution in [0.1, 0.15) is 51.9 Å². The predicted molar refractivity (Wildman–Crippen MR) is 103 cm³/mol. The highest BCUT2D eigenvalue weighted by atomic mass is 16.6. The van der Waals surface area contributed by atoms with Crippen molar-refractivity contribution >= 4 is 17.7 Å². The summed E-state index contributed by atoms with van der Waals surface area (Å²) in [6.07, 6.45) is 0. The lowest BCUT2D eigenvalue weighted by Gasteiger charge is -2.20. The van der Waals surface area contributed by atoms with Crippen LogP contribution in [0.3, 0.4) is 0 Å². The van der Waals surface area contributed by atoms with Crippen molar-refractivity contribution < 1.29 is 33.3 Å². The molecule has 1 aromatic rings. The molecule has 1 rings (SSSR count). The minimum absolute atomic E-state index is 0.114. The van der Waals surface area contributed by atoms with E-state index in [9.17, 15) is 14.4 Å². The molecule has 0 amide bonds. The molecule has 0 aliphatic carbocycles. The van der Waals surface area contributed by atoms with Crippen LogP contribution >= 0.6 is 0 Å². The highest BCUT2D eigenvalue weighted by Gasteiger charge is 2.20. The smallest absolute Gasteiger partial charge is 0.344 e. The Labute approximate surface area is 165 Å². The number of nitrogens with two attached hydrogens (primary N) is 1. The van der Waals surface area contributed by atoms with Crippen molar-refractivity contribution in [2.24, 2.45) is 5.73 Å². The largest absolute Gasteiger partial charge is 0.482 e. The average Bonchev–Trinajstić information content (AvgIpc) is 2.54. The number of rotatable bonds is 8. The maximum absolute atomic E-state index is 12.0. The monoisotopic (exact) mass is 395 g/mol. The van der Waals surface area contributed by atoms with Crippen molar-refractivity contribution in [3.63, 3.8) is 0 Å². The van der Waals surface area contributed by atoms with Crippen molar-refractivity contribution in [1.29, 1.82) is 0 Å². The molecule has 0 heterocycles. The van der Waals surface area contributed by atoms with Crippen LogP contribution in [-0.2, 0) is 19.1 Å². The highest BCUT2D eigenvalue weighted by Crippen LogP contribution is 2.26. The van der Waals surface area contributed by atoms with Gasteiger partial charge >= 0.3 is 11.9 Å². The summed E-state index contributed by atoms with van der Waals surface area (Å²) in [5, 5.41) is 0. The first-order valence-corrected chi connectivity index (χ1v) is 8.87. The third-order valence-electron chi connectivity index (χ3n) is 2.98. The topological polar surface area (TPSA) is 114 Å². The molecule has 2 N–H and O–H groups in total. The number of ketones is 1. The molecule has 0 radical (unpaired) electrons. The lowest BCUT2D eigenvalue weighted by molar-refractivity contribution is -0.158. The summed E-state index contributed by atoms with van der Waals surface area (Å²) in [4.78, 5) is 35.6. The van der Waals surface area contributed by atoms with Gasteiger partial charge in [-0.05, 0) is 53.7 Å². The second-order valence-corrected chi connectivity index (χ2v) is 8.04. The first-order valence-electron chi connectivity index (χ1n) is 8.87. The Morgan fingerprint density at radius 3 is 1.82 bits per heavy atom. The van der Waals surface area contributed by atoms with E-state index in [0.29, 0.717) is 0 Å². The first kappa shape index (κ1) is 23.4. The number of ether oxygens (including phenoxy) is 4. The van der Waals surface area contributed by atoms with Crippen LogP contribution < -0.4 is 15.2 Å². The van der Waals surface area contributed by atoms with E-state index in [2.05, 4.69) is 0 Å². The minimum atomic E-state index is -0.658. The number of Topliss-reactive ketones (excluding diaryl/α,β-unsaturated/α-hetero) is 1. The van der Waals surface area contributed by atoms with Crippen LogP contribution in [0.25, 0.3) is 0 Å². The summed E-state index contributed by atoms with van der Waals surface area (Å²) >= 11 is 0. The Hall–Kier alpha value is -2.61. The zero-order chi connectivity index (χ0) is 21.5. The molecular formula is C20H29NO7. The molecule has 0 saturated heterocycles. The van der Waals surface area contributed by atoms with Gasteiger partial charge in [-0.2, -0.15) is 0 Å². The maximum Gasteiger partial charge on any atom is 0.344 e. The zero-order valence-corrected chi connectivity index (χ0v) is 17.3. The molecule has 0 atom stereocenters. The summed E-state index contributed by atoms with van der Waals surface area (Å²) in [6, 6.07) is 4.38. The summed E-state index contributed by atoms with van der Waals surface area (Å²) in [7, 11) is 0. The molecule has 0 saturated carbocycles. The molecule has 0 fully saturated rings. The van der Waals surface area contributed by atoms with Crippen molar-refractivity contribution in [3.8, 4) is 11.5 Å². The van der Waals surface area contributed by atoms with Gasteiger partial charge in [-0.25, -0.2) is 9.59 Å². The van der Waals surface area contributed by atoms with Gasteiger partial charge in [0.1, 0.15) is 22.7 Å². The molecule has 0 aromatic heterocycles. The van der Waals surface area contributed by atoms with E-state index in [-0.39, 0.29) is 36.0 Å². The molecule has 0 unspecified atom stereocenters. The van der Waals surface area contributed by atoms with E-state index in [1.165, 1.54) is 18.2 Å². The average molecular weight is 395 g/mol. The Kier molecular flexibility index (Phi) is 7.99. The van der Waals surface area contributed by atoms with Gasteiger partial charge in [0, 0.05) is 6.07 Å². The molecule has 8 heteroatoms. The molecule has 1 aromatic carbocycles. The van der Waals surface area contributed by atoms with Crippen LogP contribution in [0.15, 0.2) is 18.2 Å². The van der Waals surface area contributed by atoms with Crippen LogP contribution in [0.5, 0.6) is 11.5 Å². The standard InChI is InChI=1S/C20H29NO7/c1-19(2,3)27-17(23)11-25-13-7-8-14(15(22)10-21)16(9-13)26-12-18(24)28-20(4,5)6/h7-9H,10-12,21H2,1-6H3. The third kappa shape index (κ3) is 8.85. The number of carbonyl (C=O) groups is 3. The Morgan fingerprint density at radius 2 is 1.36 bits per heavy atom. The molecule has 0 aliphatic heterocycles. The summed E-state index contributed by atoms with van der Waals surface area (Å²) in [5.74, 6) is -1.09. The van der Waals surface area contributed by atoms with Gasteiger partial charge in [0.15, 0.2) is 19.0 Å². The van der Waals surface area contributed by atoms with E-state index in [1.807, 2.05) is 0 Å². The van der Waals surface area contributed by atoms with Crippen LogP contribution in [0.4, 0.5) is 0 Å². The van der Waals surface area contributed by atoms with E-state index in [1.54, 1.807) is 41.5 Å². The summed E-state index contributed by atoms with van der Waals surface area (Å²) in [5.41, 5.74) is 4.34. The second kappa shape index (κ2) is 9.54. The molecule has 8 nitrogen and oxygen atoms in total. The van der Waals surface area contributed by atoms with Gasteiger partial charge < -0.3 is 24.7 Å². The summed E-state index contributed by atoms with van der Waals surface area (Å²) < 4.78 is 21.2. The molecular weight excluding hydrogens is 366 g/mol. The van der Waals surface area contributed by atoms with Crippen molar-refractivity contribution in [1.82, 2.24) is 0 Å². The third-order valence-corrected chi connectivity index (χ3v) is 2.98. The first-order chi connectivity index (χ1) is 12.8. The fraction of sp³-hybridized carbons (Fsp3) is 0.550. The second-order valence-electron chi connectivity index (χ2n) is 8.04. The normalized spacial score (nSPS) is 11.5. The van der Waals surface area contributed by atoms with E-state index < -0.39 is 29.7 Å². The van der Waals surface area contributed by atoms with Gasteiger partial charge in [0.05, 0.1) is 12.1 Å². The zero-order valence-electron chi connectivity index (χ0n) is 17.3. The number of hydrogen-bond acceptors (Lipinski definition) is 8. The molecule has 0 spiro atoms. The lowest BCUT2D eigenvalue weighted by Crippen LogP contribution is -2.28. The Bertz CT molecular complexity index is 714. The minimum Gasteiger partial charge on any atom is -0.482 e. The highest BCUT2D eigenvalue weighted by molar-refractivity contribution is 6.00. The molecule has 0 bridgehead atoms.